The molecule has 0 atom stereocenters. The third-order valence-corrected chi connectivity index (χ3v) is 2.51. The summed E-state index contributed by atoms with van der Waals surface area (Å²) in [7, 11) is 0. The highest BCUT2D eigenvalue weighted by Crippen LogP contribution is 2.26. The van der Waals surface area contributed by atoms with Crippen LogP contribution in [0.1, 0.15) is 22.8 Å². The third-order valence-electron chi connectivity index (χ3n) is 1.62. The van der Waals surface area contributed by atoms with Gasteiger partial charge in [-0.3, -0.25) is 4.79 Å². The molecule has 0 spiro atoms. The minimum absolute atomic E-state index is 0.00309. The summed E-state index contributed by atoms with van der Waals surface area (Å²) in [6.07, 6.45) is 0. The number of carbonyl (C=O) groups excluding carboxylic acids is 1. The van der Waals surface area contributed by atoms with Crippen LogP contribution in [0.15, 0.2) is 12.1 Å². The molecule has 0 amide bonds. The van der Waals surface area contributed by atoms with E-state index < -0.39 is 0 Å². The van der Waals surface area contributed by atoms with E-state index >= 15 is 0 Å². The van der Waals surface area contributed by atoms with Crippen LogP contribution >= 0.6 is 23.2 Å². The lowest BCUT2D eigenvalue weighted by atomic mass is 10.1. The van der Waals surface area contributed by atoms with E-state index in [2.05, 4.69) is 0 Å². The largest absolute Gasteiger partial charge is 0.295 e. The molecule has 0 aliphatic rings. The first-order valence-corrected chi connectivity index (χ1v) is 4.24. The number of carbonyl (C=O) groups is 1. The molecular weight excluding hydrogens is 195 g/mol. The van der Waals surface area contributed by atoms with E-state index in [1.54, 1.807) is 12.1 Å². The van der Waals surface area contributed by atoms with Crippen LogP contribution in [-0.4, -0.2) is 5.78 Å². The highest BCUT2D eigenvalue weighted by molar-refractivity contribution is 6.42. The van der Waals surface area contributed by atoms with Gasteiger partial charge in [-0.15, -0.1) is 0 Å². The Morgan fingerprint density at radius 2 is 1.92 bits per heavy atom. The van der Waals surface area contributed by atoms with E-state index in [1.807, 2.05) is 6.92 Å². The lowest BCUT2D eigenvalue weighted by molar-refractivity contribution is 0.101. The van der Waals surface area contributed by atoms with Crippen molar-refractivity contribution in [2.45, 2.75) is 13.8 Å². The quantitative estimate of drug-likeness (QED) is 0.638. The Morgan fingerprint density at radius 3 is 2.33 bits per heavy atom. The van der Waals surface area contributed by atoms with Gasteiger partial charge in [-0.05, 0) is 31.5 Å². The van der Waals surface area contributed by atoms with Gasteiger partial charge in [0.25, 0.3) is 0 Å². The van der Waals surface area contributed by atoms with Crippen molar-refractivity contribution < 1.29 is 4.79 Å². The first-order chi connectivity index (χ1) is 5.52. The van der Waals surface area contributed by atoms with Crippen LogP contribution in [0.3, 0.4) is 0 Å². The van der Waals surface area contributed by atoms with Crippen molar-refractivity contribution in [3.63, 3.8) is 0 Å². The standard InChI is InChI=1S/C9H8Cl2O/c1-5-3-7(6(2)12)4-8(10)9(5)11/h3-4H,1-2H3. The monoisotopic (exact) mass is 202 g/mol. The van der Waals surface area contributed by atoms with Gasteiger partial charge in [0.2, 0.25) is 0 Å². The number of hydrogen-bond donors (Lipinski definition) is 0. The maximum absolute atomic E-state index is 11.0. The number of rotatable bonds is 1. The van der Waals surface area contributed by atoms with Crippen LogP contribution in [0, 0.1) is 6.92 Å². The van der Waals surface area contributed by atoms with E-state index in [0.29, 0.717) is 15.6 Å². The molecular formula is C9H8Cl2O. The lowest BCUT2D eigenvalue weighted by Crippen LogP contribution is -1.93. The normalized spacial score (nSPS) is 10.0. The Balaban J connectivity index is 3.31. The van der Waals surface area contributed by atoms with Crippen LogP contribution in [0.25, 0.3) is 0 Å². The SMILES string of the molecule is CC(=O)c1cc(C)c(Cl)c(Cl)c1. The van der Waals surface area contributed by atoms with Gasteiger partial charge >= 0.3 is 0 Å². The van der Waals surface area contributed by atoms with Gasteiger partial charge in [-0.1, -0.05) is 23.2 Å². The molecule has 0 bridgehead atoms. The maximum Gasteiger partial charge on any atom is 0.159 e. The van der Waals surface area contributed by atoms with Gasteiger partial charge in [0.15, 0.2) is 5.78 Å². The van der Waals surface area contributed by atoms with E-state index in [1.165, 1.54) is 6.92 Å². The summed E-state index contributed by atoms with van der Waals surface area (Å²) in [5, 5.41) is 0.948. The van der Waals surface area contributed by atoms with E-state index in [-0.39, 0.29) is 5.78 Å². The molecule has 0 radical (unpaired) electrons. The van der Waals surface area contributed by atoms with Gasteiger partial charge in [0, 0.05) is 5.56 Å². The van der Waals surface area contributed by atoms with Crippen molar-refractivity contribution in [1.29, 1.82) is 0 Å². The molecule has 3 heteroatoms. The summed E-state index contributed by atoms with van der Waals surface area (Å²) in [6, 6.07) is 3.32. The summed E-state index contributed by atoms with van der Waals surface area (Å²) >= 11 is 11.6. The summed E-state index contributed by atoms with van der Waals surface area (Å²) < 4.78 is 0. The van der Waals surface area contributed by atoms with E-state index in [4.69, 9.17) is 23.2 Å². The highest BCUT2D eigenvalue weighted by Gasteiger charge is 2.06. The summed E-state index contributed by atoms with van der Waals surface area (Å²) in [6.45, 7) is 3.32. The summed E-state index contributed by atoms with van der Waals surface area (Å²) in [5.74, 6) is -0.00309. The van der Waals surface area contributed by atoms with Crippen LogP contribution in [0.2, 0.25) is 10.0 Å². The predicted molar refractivity (Wildman–Crippen MR) is 51.2 cm³/mol. The molecule has 1 nitrogen and oxygen atoms in total. The molecule has 0 N–H and O–H groups in total. The van der Waals surface area contributed by atoms with Crippen molar-refractivity contribution in [2.24, 2.45) is 0 Å². The van der Waals surface area contributed by atoms with E-state index in [0.717, 1.165) is 5.56 Å². The summed E-state index contributed by atoms with van der Waals surface area (Å²) in [5.41, 5.74) is 1.43. The number of benzene rings is 1. The minimum Gasteiger partial charge on any atom is -0.295 e. The van der Waals surface area contributed by atoms with Crippen molar-refractivity contribution in [3.8, 4) is 0 Å². The fourth-order valence-corrected chi connectivity index (χ4v) is 1.31. The molecule has 0 saturated carbocycles. The average molecular weight is 203 g/mol. The van der Waals surface area contributed by atoms with Crippen molar-refractivity contribution in [2.75, 3.05) is 0 Å². The van der Waals surface area contributed by atoms with Crippen LogP contribution in [0.4, 0.5) is 0 Å². The Kier molecular flexibility index (Phi) is 2.76. The number of Topliss-reactive ketones (excluding diaryl/α,β-unsaturated/α-hetero) is 1. The molecule has 1 rings (SSSR count). The Bertz CT molecular complexity index is 308. The second-order valence-electron chi connectivity index (χ2n) is 2.65. The molecule has 1 aromatic rings. The van der Waals surface area contributed by atoms with Gasteiger partial charge < -0.3 is 0 Å². The molecule has 1 aromatic carbocycles. The lowest BCUT2D eigenvalue weighted by Gasteiger charge is -2.02. The van der Waals surface area contributed by atoms with Crippen LogP contribution < -0.4 is 0 Å². The third kappa shape index (κ3) is 1.79. The zero-order valence-corrected chi connectivity index (χ0v) is 8.33. The zero-order chi connectivity index (χ0) is 9.30. The van der Waals surface area contributed by atoms with Gasteiger partial charge in [-0.2, -0.15) is 0 Å². The molecule has 64 valence electrons. The number of aryl methyl sites for hydroxylation is 1. The molecule has 0 aliphatic carbocycles. The zero-order valence-electron chi connectivity index (χ0n) is 6.82. The van der Waals surface area contributed by atoms with Gasteiger partial charge in [-0.25, -0.2) is 0 Å². The molecule has 0 fully saturated rings. The number of hydrogen-bond acceptors (Lipinski definition) is 1. The van der Waals surface area contributed by atoms with Crippen molar-refractivity contribution >= 4 is 29.0 Å². The van der Waals surface area contributed by atoms with E-state index in [9.17, 15) is 4.79 Å². The van der Waals surface area contributed by atoms with Crippen molar-refractivity contribution in [1.82, 2.24) is 0 Å². The predicted octanol–water partition coefficient (Wildman–Crippen LogP) is 3.50. The second kappa shape index (κ2) is 3.46. The number of ketones is 1. The average Bonchev–Trinajstić information content (AvgIpc) is 1.99. The van der Waals surface area contributed by atoms with Crippen molar-refractivity contribution in [3.05, 3.63) is 33.3 Å². The minimum atomic E-state index is -0.00309. The maximum atomic E-state index is 11.0. The topological polar surface area (TPSA) is 17.1 Å². The Labute approximate surface area is 81.3 Å². The fourth-order valence-electron chi connectivity index (χ4n) is 0.930. The summed E-state index contributed by atoms with van der Waals surface area (Å²) in [4.78, 5) is 11.0. The molecule has 0 saturated heterocycles. The molecule has 0 heterocycles. The molecule has 0 unspecified atom stereocenters. The molecule has 12 heavy (non-hydrogen) atoms. The van der Waals surface area contributed by atoms with Crippen LogP contribution in [-0.2, 0) is 0 Å². The first-order valence-electron chi connectivity index (χ1n) is 3.49. The fraction of sp³-hybridized carbons (Fsp3) is 0.222. The smallest absolute Gasteiger partial charge is 0.159 e. The van der Waals surface area contributed by atoms with Crippen LogP contribution in [0.5, 0.6) is 0 Å². The highest BCUT2D eigenvalue weighted by atomic mass is 35.5. The van der Waals surface area contributed by atoms with Gasteiger partial charge in [0.1, 0.15) is 0 Å². The number of halogens is 2. The Morgan fingerprint density at radius 1 is 1.33 bits per heavy atom. The molecule has 0 aliphatic heterocycles. The Hall–Kier alpha value is -0.530. The molecule has 0 aromatic heterocycles. The second-order valence-corrected chi connectivity index (χ2v) is 3.43. The van der Waals surface area contributed by atoms with Gasteiger partial charge in [0.05, 0.1) is 10.0 Å². The first kappa shape index (κ1) is 9.56.